The van der Waals surface area contributed by atoms with Crippen LogP contribution in [-0.4, -0.2) is 53.6 Å². The third kappa shape index (κ3) is 3.43. The molecule has 0 aromatic carbocycles. The number of rotatable bonds is 8. The van der Waals surface area contributed by atoms with Crippen molar-refractivity contribution in [3.8, 4) is 0 Å². The smallest absolute Gasteiger partial charge is 0.212 e. The number of alkyl halides is 19. The minimum atomic E-state index is -9.10. The van der Waals surface area contributed by atoms with E-state index in [1.807, 2.05) is 0 Å². The molecular weight excluding hydrogens is 531 g/mol. The molecule has 0 N–H and O–H groups in total. The molecule has 0 unspecified atom stereocenters. The van der Waals surface area contributed by atoms with E-state index in [2.05, 4.69) is 0 Å². The Kier molecular flexibility index (Phi) is 6.99. The minimum Gasteiger partial charge on any atom is -0.212 e. The molecule has 0 aliphatic rings. The highest BCUT2D eigenvalue weighted by Gasteiger charge is 2.96. The van der Waals surface area contributed by atoms with E-state index < -0.39 is 65.7 Å². The Morgan fingerprint density at radius 3 is 0.812 bits per heavy atom. The molecule has 0 saturated carbocycles. The van der Waals surface area contributed by atoms with Crippen LogP contribution in [0.25, 0.3) is 0 Å². The average molecular weight is 532 g/mol. The van der Waals surface area contributed by atoms with Crippen LogP contribution < -0.4 is 0 Å². The zero-order chi connectivity index (χ0) is 26.8. The van der Waals surface area contributed by atoms with Crippen LogP contribution in [0.2, 0.25) is 0 Å². The van der Waals surface area contributed by atoms with E-state index in [1.54, 1.807) is 0 Å². The molecule has 0 saturated heterocycles. The van der Waals surface area contributed by atoms with Gasteiger partial charge < -0.3 is 0 Å². The average Bonchev–Trinajstić information content (AvgIpc) is 2.58. The van der Waals surface area contributed by atoms with E-state index in [0.29, 0.717) is 0 Å². The Bertz CT molecular complexity index is 721. The van der Waals surface area contributed by atoms with Gasteiger partial charge in [-0.05, 0) is 0 Å². The van der Waals surface area contributed by atoms with Crippen molar-refractivity contribution in [1.29, 1.82) is 0 Å². The number of halogens is 21. The summed E-state index contributed by atoms with van der Waals surface area (Å²) < 4.78 is 267. The van der Waals surface area contributed by atoms with Crippen LogP contribution in [0.1, 0.15) is 0 Å². The van der Waals surface area contributed by atoms with Gasteiger partial charge in [0.25, 0.3) is 0 Å². The quantitative estimate of drug-likeness (QED) is 0.286. The fraction of sp³-hybridized carbons (Fsp3) is 0.818. The van der Waals surface area contributed by atoms with E-state index in [1.165, 1.54) is 0 Å². The molecule has 0 heterocycles. The van der Waals surface area contributed by atoms with E-state index in [9.17, 15) is 92.2 Å². The molecule has 0 bridgehead atoms. The second-order valence-corrected chi connectivity index (χ2v) is 5.55. The molecule has 0 amide bonds. The Balaban J connectivity index is 6.99. The highest BCUT2D eigenvalue weighted by molar-refractivity contribution is 5.20. The lowest BCUT2D eigenvalue weighted by atomic mass is 9.87. The first-order valence-corrected chi connectivity index (χ1v) is 6.54. The normalized spacial score (nSPS) is 17.1. The second-order valence-electron chi connectivity index (χ2n) is 5.55. The molecule has 0 aliphatic carbocycles. The van der Waals surface area contributed by atoms with Crippen LogP contribution in [0.15, 0.2) is 12.2 Å². The van der Waals surface area contributed by atoms with Gasteiger partial charge in [-0.15, -0.1) is 0 Å². The first-order valence-electron chi connectivity index (χ1n) is 6.54. The molecule has 0 radical (unpaired) electrons. The predicted octanol–water partition coefficient (Wildman–Crippen LogP) is 7.41. The monoisotopic (exact) mass is 532 g/mol. The summed E-state index contributed by atoms with van der Waals surface area (Å²) in [5, 5.41) is 0. The van der Waals surface area contributed by atoms with Crippen molar-refractivity contribution in [2.75, 3.05) is 0 Å². The number of hydrogen-bond donors (Lipinski definition) is 0. The summed E-state index contributed by atoms with van der Waals surface area (Å²) in [5.41, 5.74) is 0. The third-order valence-corrected chi connectivity index (χ3v) is 3.51. The van der Waals surface area contributed by atoms with Crippen molar-refractivity contribution in [3.05, 3.63) is 12.2 Å². The fourth-order valence-electron chi connectivity index (χ4n) is 1.58. The lowest BCUT2D eigenvalue weighted by Gasteiger charge is -2.43. The van der Waals surface area contributed by atoms with Crippen molar-refractivity contribution in [1.82, 2.24) is 0 Å². The molecule has 0 fully saturated rings. The Labute approximate surface area is 159 Å². The summed E-state index contributed by atoms with van der Waals surface area (Å²) in [5.74, 6) is -73.7. The van der Waals surface area contributed by atoms with Gasteiger partial charge in [0.1, 0.15) is 6.33 Å². The lowest BCUT2D eigenvalue weighted by Crippen LogP contribution is -2.75. The topological polar surface area (TPSA) is 0 Å². The summed E-state index contributed by atoms with van der Waals surface area (Å²) in [7, 11) is 0. The number of allylic oxidation sites excluding steroid dienone is 1. The van der Waals surface area contributed by atoms with Gasteiger partial charge in [0.15, 0.2) is 0 Å². The van der Waals surface area contributed by atoms with Crippen molar-refractivity contribution in [3.63, 3.8) is 0 Å². The first-order chi connectivity index (χ1) is 13.5. The molecule has 0 aliphatic heterocycles. The van der Waals surface area contributed by atoms with E-state index in [0.717, 1.165) is 0 Å². The molecule has 0 nitrogen and oxygen atoms in total. The van der Waals surface area contributed by atoms with Gasteiger partial charge in [-0.3, -0.25) is 0 Å². The molecule has 0 spiro atoms. The van der Waals surface area contributed by atoms with E-state index >= 15 is 0 Å². The largest absolute Gasteiger partial charge is 0.460 e. The standard InChI is InChI=1S/C11HF21/c12-1-2(13)3(14,15)4(16,17)5(18,19)6(20,21)7(22,23)8(24,25)9(26,27)10(28,29)11(30,31)32/h1H. The molecule has 192 valence electrons. The summed E-state index contributed by atoms with van der Waals surface area (Å²) in [4.78, 5) is 0. The molecule has 21 heteroatoms. The maximum atomic E-state index is 13.2. The summed E-state index contributed by atoms with van der Waals surface area (Å²) >= 11 is 0. The highest BCUT2D eigenvalue weighted by Crippen LogP contribution is 2.65. The van der Waals surface area contributed by atoms with Gasteiger partial charge in [0.2, 0.25) is 5.83 Å². The van der Waals surface area contributed by atoms with Gasteiger partial charge in [0.05, 0.1) is 0 Å². The maximum Gasteiger partial charge on any atom is 0.460 e. The Hall–Kier alpha value is -1.73. The summed E-state index contributed by atoms with van der Waals surface area (Å²) in [6.07, 6.45) is -10.3. The van der Waals surface area contributed by atoms with Gasteiger partial charge >= 0.3 is 53.6 Å². The minimum absolute atomic E-state index is 2.34. The van der Waals surface area contributed by atoms with Gasteiger partial charge in [-0.1, -0.05) is 0 Å². The Morgan fingerprint density at radius 1 is 0.375 bits per heavy atom. The van der Waals surface area contributed by atoms with Crippen molar-refractivity contribution >= 4 is 0 Å². The first kappa shape index (κ1) is 30.3. The molecule has 32 heavy (non-hydrogen) atoms. The summed E-state index contributed by atoms with van der Waals surface area (Å²) in [6.45, 7) is 0. The Morgan fingerprint density at radius 2 is 0.594 bits per heavy atom. The van der Waals surface area contributed by atoms with Crippen molar-refractivity contribution in [2.24, 2.45) is 0 Å². The van der Waals surface area contributed by atoms with Crippen LogP contribution in [0.4, 0.5) is 92.2 Å². The van der Waals surface area contributed by atoms with Crippen LogP contribution >= 0.6 is 0 Å². The maximum absolute atomic E-state index is 13.2. The van der Waals surface area contributed by atoms with Gasteiger partial charge in [0, 0.05) is 0 Å². The SMILES string of the molecule is FC=C(F)C(F)(F)C(F)(F)C(F)(F)C(F)(F)C(F)(F)C(F)(F)C(F)(F)C(F)(F)C(F)(F)F. The van der Waals surface area contributed by atoms with Crippen molar-refractivity contribution < 1.29 is 92.2 Å². The zero-order valence-electron chi connectivity index (χ0n) is 13.5. The van der Waals surface area contributed by atoms with Crippen LogP contribution in [0, 0.1) is 0 Å². The van der Waals surface area contributed by atoms with E-state index in [-0.39, 0.29) is 0 Å². The molecular formula is C11HF21. The molecule has 0 rings (SSSR count). The van der Waals surface area contributed by atoms with Crippen LogP contribution in [0.3, 0.4) is 0 Å². The summed E-state index contributed by atoms with van der Waals surface area (Å²) in [6, 6.07) is 0. The van der Waals surface area contributed by atoms with E-state index in [4.69, 9.17) is 0 Å². The molecule has 0 aromatic heterocycles. The zero-order valence-corrected chi connectivity index (χ0v) is 13.5. The second kappa shape index (κ2) is 7.39. The third-order valence-electron chi connectivity index (χ3n) is 3.51. The highest BCUT2D eigenvalue weighted by atomic mass is 19.4. The van der Waals surface area contributed by atoms with Gasteiger partial charge in [-0.2, -0.15) is 83.4 Å². The van der Waals surface area contributed by atoms with Crippen LogP contribution in [0.5, 0.6) is 0 Å². The number of hydrogen-bond acceptors (Lipinski definition) is 0. The van der Waals surface area contributed by atoms with Crippen LogP contribution in [-0.2, 0) is 0 Å². The molecule has 0 aromatic rings. The van der Waals surface area contributed by atoms with Gasteiger partial charge in [-0.25, -0.2) is 8.78 Å². The fourth-order valence-corrected chi connectivity index (χ4v) is 1.58. The predicted molar refractivity (Wildman–Crippen MR) is 55.9 cm³/mol. The van der Waals surface area contributed by atoms with Crippen molar-refractivity contribution in [2.45, 2.75) is 53.6 Å². The molecule has 0 atom stereocenters. The lowest BCUT2D eigenvalue weighted by molar-refractivity contribution is -0.467.